The van der Waals surface area contributed by atoms with Gasteiger partial charge in [0.25, 0.3) is 0 Å². The number of carbonyl (C=O) groups excluding carboxylic acids is 1. The molecular weight excluding hydrogens is 312 g/mol. The third kappa shape index (κ3) is 2.80. The molecule has 0 radical (unpaired) electrons. The van der Waals surface area contributed by atoms with Crippen molar-refractivity contribution >= 4 is 18.2 Å². The summed E-state index contributed by atoms with van der Waals surface area (Å²) < 4.78 is 2.08. The van der Waals surface area contributed by atoms with Crippen LogP contribution in [0.2, 0.25) is 0 Å². The van der Waals surface area contributed by atoms with Gasteiger partial charge in [-0.25, -0.2) is 9.48 Å². The fourth-order valence-electron chi connectivity index (χ4n) is 2.67. The minimum absolute atomic E-state index is 0.281. The molecule has 3 rings (SSSR count). The van der Waals surface area contributed by atoms with Crippen LogP contribution in [-0.4, -0.2) is 33.3 Å². The number of hydrogen-bond acceptors (Lipinski definition) is 4. The fourth-order valence-corrected chi connectivity index (χ4v) is 2.92. The van der Waals surface area contributed by atoms with Gasteiger partial charge in [-0.05, 0) is 36.4 Å². The van der Waals surface area contributed by atoms with E-state index in [1.54, 1.807) is 11.7 Å². The zero-order valence-electron chi connectivity index (χ0n) is 12.5. The van der Waals surface area contributed by atoms with Crippen molar-refractivity contribution in [2.75, 3.05) is 7.05 Å². The molecular formula is C15H16N6OS. The van der Waals surface area contributed by atoms with Crippen LogP contribution in [0, 0.1) is 4.77 Å². The SMILES string of the molecule is CNC(=O)NC1=CC(c2ccccc2)(n2[nH]nnc2=S)CC=C1. The molecule has 1 aliphatic carbocycles. The van der Waals surface area contributed by atoms with E-state index in [0.717, 1.165) is 5.56 Å². The van der Waals surface area contributed by atoms with Crippen LogP contribution in [0.5, 0.6) is 0 Å². The summed E-state index contributed by atoms with van der Waals surface area (Å²) in [5.41, 5.74) is 1.08. The predicted octanol–water partition coefficient (Wildman–Crippen LogP) is 1.85. The lowest BCUT2D eigenvalue weighted by atomic mass is 9.83. The second-order valence-corrected chi connectivity index (χ2v) is 5.48. The minimum Gasteiger partial charge on any atom is -0.341 e. The highest BCUT2D eigenvalue weighted by Crippen LogP contribution is 2.35. The third-order valence-electron chi connectivity index (χ3n) is 3.75. The molecule has 2 amide bonds. The van der Waals surface area contributed by atoms with Crippen LogP contribution in [0.15, 0.2) is 54.3 Å². The highest BCUT2D eigenvalue weighted by Gasteiger charge is 2.35. The number of amides is 2. The summed E-state index contributed by atoms with van der Waals surface area (Å²) in [6, 6.07) is 9.61. The highest BCUT2D eigenvalue weighted by atomic mass is 32.1. The maximum atomic E-state index is 11.6. The van der Waals surface area contributed by atoms with Gasteiger partial charge in [0.1, 0.15) is 5.54 Å². The van der Waals surface area contributed by atoms with Crippen molar-refractivity contribution in [2.24, 2.45) is 0 Å². The van der Waals surface area contributed by atoms with Gasteiger partial charge >= 0.3 is 6.03 Å². The van der Waals surface area contributed by atoms with Gasteiger partial charge in [0.2, 0.25) is 4.77 Å². The molecule has 1 atom stereocenters. The van der Waals surface area contributed by atoms with E-state index < -0.39 is 5.54 Å². The van der Waals surface area contributed by atoms with Gasteiger partial charge < -0.3 is 10.6 Å². The maximum absolute atomic E-state index is 11.6. The van der Waals surface area contributed by atoms with Crippen molar-refractivity contribution in [3.8, 4) is 0 Å². The first-order chi connectivity index (χ1) is 11.2. The summed E-state index contributed by atoms with van der Waals surface area (Å²) in [4.78, 5) is 11.6. The zero-order chi connectivity index (χ0) is 16.3. The van der Waals surface area contributed by atoms with Crippen molar-refractivity contribution in [3.05, 3.63) is 64.6 Å². The first-order valence-corrected chi connectivity index (χ1v) is 7.51. The molecule has 1 heterocycles. The van der Waals surface area contributed by atoms with Crippen LogP contribution < -0.4 is 10.6 Å². The van der Waals surface area contributed by atoms with Gasteiger partial charge in [-0.2, -0.15) is 5.21 Å². The topological polar surface area (TPSA) is 87.6 Å². The number of carbonyl (C=O) groups is 1. The monoisotopic (exact) mass is 328 g/mol. The molecule has 1 aromatic heterocycles. The first-order valence-electron chi connectivity index (χ1n) is 7.10. The number of aromatic nitrogens is 4. The summed E-state index contributed by atoms with van der Waals surface area (Å²) in [5.74, 6) is 0. The van der Waals surface area contributed by atoms with E-state index in [1.807, 2.05) is 48.6 Å². The number of rotatable bonds is 3. The number of H-pyrrole nitrogens is 1. The standard InChI is InChI=1S/C15H16N6OS/c1-16-13(22)17-12-8-5-9-15(10-12,11-6-3-2-4-7-11)21-14(23)18-19-20-21/h2-8,10H,9H2,1H3,(H2,16,17,22)(H,18,20,23). The zero-order valence-corrected chi connectivity index (χ0v) is 13.3. The Balaban J connectivity index is 2.14. The molecule has 0 fully saturated rings. The lowest BCUT2D eigenvalue weighted by Crippen LogP contribution is -2.39. The molecule has 3 N–H and O–H groups in total. The molecule has 1 aliphatic rings. The van der Waals surface area contributed by atoms with Crippen LogP contribution >= 0.6 is 12.2 Å². The molecule has 0 bridgehead atoms. The van der Waals surface area contributed by atoms with E-state index in [9.17, 15) is 4.79 Å². The Labute approximate surface area is 138 Å². The van der Waals surface area contributed by atoms with Crippen LogP contribution in [-0.2, 0) is 5.54 Å². The molecule has 0 aliphatic heterocycles. The summed E-state index contributed by atoms with van der Waals surface area (Å²) in [6.07, 6.45) is 6.46. The van der Waals surface area contributed by atoms with E-state index in [2.05, 4.69) is 26.2 Å². The summed E-state index contributed by atoms with van der Waals surface area (Å²) >= 11 is 5.29. The second-order valence-electron chi connectivity index (χ2n) is 5.12. The van der Waals surface area contributed by atoms with Gasteiger partial charge in [0.05, 0.1) is 0 Å². The molecule has 23 heavy (non-hydrogen) atoms. The van der Waals surface area contributed by atoms with Gasteiger partial charge in [-0.15, -0.1) is 0 Å². The number of nitrogens with one attached hydrogen (secondary N) is 3. The van der Waals surface area contributed by atoms with Crippen molar-refractivity contribution in [3.63, 3.8) is 0 Å². The molecule has 2 aromatic rings. The van der Waals surface area contributed by atoms with Crippen LogP contribution in [0.4, 0.5) is 4.79 Å². The minimum atomic E-state index is -0.618. The van der Waals surface area contributed by atoms with Gasteiger partial charge in [-0.1, -0.05) is 46.7 Å². The Morgan fingerprint density at radius 1 is 1.39 bits per heavy atom. The third-order valence-corrected chi connectivity index (χ3v) is 4.01. The number of allylic oxidation sites excluding steroid dienone is 3. The number of tetrazole rings is 1. The Hall–Kier alpha value is -2.74. The van der Waals surface area contributed by atoms with E-state index in [-0.39, 0.29) is 6.03 Å². The van der Waals surface area contributed by atoms with Crippen molar-refractivity contribution in [2.45, 2.75) is 12.0 Å². The van der Waals surface area contributed by atoms with E-state index in [1.165, 1.54) is 0 Å². The molecule has 0 spiro atoms. The summed E-state index contributed by atoms with van der Waals surface area (Å²) in [7, 11) is 1.57. The molecule has 1 unspecified atom stereocenters. The molecule has 0 saturated carbocycles. The number of urea groups is 1. The summed E-state index contributed by atoms with van der Waals surface area (Å²) in [6.45, 7) is 0. The average molecular weight is 328 g/mol. The predicted molar refractivity (Wildman–Crippen MR) is 88.2 cm³/mol. The largest absolute Gasteiger partial charge is 0.341 e. The van der Waals surface area contributed by atoms with Gasteiger partial charge in [0.15, 0.2) is 0 Å². The van der Waals surface area contributed by atoms with Gasteiger partial charge in [-0.3, -0.25) is 0 Å². The van der Waals surface area contributed by atoms with E-state index >= 15 is 0 Å². The second kappa shape index (κ2) is 6.17. The Kier molecular flexibility index (Phi) is 4.07. The number of benzene rings is 1. The lowest BCUT2D eigenvalue weighted by molar-refractivity contribution is 0.245. The van der Waals surface area contributed by atoms with Crippen molar-refractivity contribution in [1.82, 2.24) is 30.8 Å². The number of aromatic amines is 1. The van der Waals surface area contributed by atoms with Crippen molar-refractivity contribution < 1.29 is 4.79 Å². The normalized spacial score (nSPS) is 20.0. The summed E-state index contributed by atoms with van der Waals surface area (Å²) in [5, 5.41) is 15.9. The van der Waals surface area contributed by atoms with Crippen LogP contribution in [0.3, 0.4) is 0 Å². The first kappa shape index (κ1) is 15.2. The Bertz CT molecular complexity index is 822. The van der Waals surface area contributed by atoms with Crippen LogP contribution in [0.1, 0.15) is 12.0 Å². The molecule has 8 heteroatoms. The highest BCUT2D eigenvalue weighted by molar-refractivity contribution is 7.71. The molecule has 0 saturated heterocycles. The molecule has 1 aromatic carbocycles. The van der Waals surface area contributed by atoms with Crippen molar-refractivity contribution in [1.29, 1.82) is 0 Å². The lowest BCUT2D eigenvalue weighted by Gasteiger charge is -2.33. The maximum Gasteiger partial charge on any atom is 0.318 e. The van der Waals surface area contributed by atoms with Crippen LogP contribution in [0.25, 0.3) is 0 Å². The molecule has 118 valence electrons. The molecule has 7 nitrogen and oxygen atoms in total. The number of nitrogens with zero attached hydrogens (tertiary/aromatic N) is 3. The van der Waals surface area contributed by atoms with Gasteiger partial charge in [0, 0.05) is 12.7 Å². The van der Waals surface area contributed by atoms with E-state index in [4.69, 9.17) is 12.2 Å². The van der Waals surface area contributed by atoms with E-state index in [0.29, 0.717) is 16.9 Å². The quantitative estimate of drug-likeness (QED) is 0.751. The number of hydrogen-bond donors (Lipinski definition) is 3. The Morgan fingerprint density at radius 2 is 2.17 bits per heavy atom. The Morgan fingerprint density at radius 3 is 2.83 bits per heavy atom. The average Bonchev–Trinajstić information content (AvgIpc) is 3.02. The smallest absolute Gasteiger partial charge is 0.318 e. The fraction of sp³-hybridized carbons (Fsp3) is 0.200.